The van der Waals surface area contributed by atoms with Gasteiger partial charge in [-0.25, -0.2) is 14.4 Å². The molecule has 0 N–H and O–H groups in total. The molecule has 0 radical (unpaired) electrons. The van der Waals surface area contributed by atoms with E-state index in [9.17, 15) is 9.18 Å². The zero-order chi connectivity index (χ0) is 17.1. The first-order valence-electron chi connectivity index (χ1n) is 8.38. The molecular formula is C19H22FN3O. The lowest BCUT2D eigenvalue weighted by Crippen LogP contribution is -2.30. The summed E-state index contributed by atoms with van der Waals surface area (Å²) in [7, 11) is 0. The molecule has 0 bridgehead atoms. The van der Waals surface area contributed by atoms with E-state index in [2.05, 4.69) is 9.97 Å². The van der Waals surface area contributed by atoms with Crippen LogP contribution in [0.25, 0.3) is 0 Å². The number of rotatable bonds is 4. The molecule has 1 aliphatic heterocycles. The van der Waals surface area contributed by atoms with Gasteiger partial charge in [0.05, 0.1) is 11.3 Å². The van der Waals surface area contributed by atoms with E-state index in [0.717, 1.165) is 37.2 Å². The zero-order valence-corrected chi connectivity index (χ0v) is 14.1. The van der Waals surface area contributed by atoms with Crippen LogP contribution in [0.5, 0.6) is 0 Å². The summed E-state index contributed by atoms with van der Waals surface area (Å²) in [5.74, 6) is 0.393. The Balaban J connectivity index is 1.67. The van der Waals surface area contributed by atoms with Crippen molar-refractivity contribution in [1.82, 2.24) is 14.9 Å². The van der Waals surface area contributed by atoms with Crippen molar-refractivity contribution in [3.63, 3.8) is 0 Å². The highest BCUT2D eigenvalue weighted by atomic mass is 19.1. The number of amides is 1. The molecule has 1 saturated heterocycles. The maximum Gasteiger partial charge on any atom is 0.257 e. The van der Waals surface area contributed by atoms with Gasteiger partial charge < -0.3 is 4.90 Å². The number of benzene rings is 1. The third-order valence-corrected chi connectivity index (χ3v) is 4.53. The van der Waals surface area contributed by atoms with E-state index in [4.69, 9.17) is 0 Å². The normalized spacial score (nSPS) is 17.5. The van der Waals surface area contributed by atoms with Gasteiger partial charge in [0.2, 0.25) is 0 Å². The summed E-state index contributed by atoms with van der Waals surface area (Å²) in [6.07, 6.45) is 4.95. The van der Waals surface area contributed by atoms with Gasteiger partial charge in [-0.05, 0) is 42.4 Å². The highest BCUT2D eigenvalue weighted by Gasteiger charge is 2.29. The van der Waals surface area contributed by atoms with Gasteiger partial charge in [-0.15, -0.1) is 0 Å². The zero-order valence-electron chi connectivity index (χ0n) is 14.1. The van der Waals surface area contributed by atoms with Crippen molar-refractivity contribution >= 4 is 5.91 Å². The Labute approximate surface area is 141 Å². The Bertz CT molecular complexity index is 715. The van der Waals surface area contributed by atoms with E-state index in [0.29, 0.717) is 11.5 Å². The molecule has 1 aromatic heterocycles. The molecule has 1 amide bonds. The summed E-state index contributed by atoms with van der Waals surface area (Å²) in [6, 6.07) is 6.62. The maximum absolute atomic E-state index is 13.0. The molecule has 1 atom stereocenters. The fourth-order valence-corrected chi connectivity index (χ4v) is 3.27. The Kier molecular flexibility index (Phi) is 4.88. The smallest absolute Gasteiger partial charge is 0.257 e. The first-order chi connectivity index (χ1) is 11.5. The molecule has 1 fully saturated rings. The standard InChI is InChI=1S/C19H22FN3O/c1-13(2)18-17(10-21-12-22-18)19(24)23-8-7-15(11-23)9-14-3-5-16(20)6-4-14/h3-6,10,12-13,15H,7-9,11H2,1-2H3/t15-/m0/s1. The molecule has 0 unspecified atom stereocenters. The lowest BCUT2D eigenvalue weighted by atomic mass is 9.99. The van der Waals surface area contributed by atoms with Gasteiger partial charge in [-0.1, -0.05) is 26.0 Å². The summed E-state index contributed by atoms with van der Waals surface area (Å²) in [4.78, 5) is 23.0. The first kappa shape index (κ1) is 16.6. The van der Waals surface area contributed by atoms with E-state index in [-0.39, 0.29) is 17.6 Å². The maximum atomic E-state index is 13.0. The fraction of sp³-hybridized carbons (Fsp3) is 0.421. The SMILES string of the molecule is CC(C)c1ncncc1C(=O)N1CC[C@@H](Cc2ccc(F)cc2)C1. The lowest BCUT2D eigenvalue weighted by Gasteiger charge is -2.19. The van der Waals surface area contributed by atoms with Crippen molar-refractivity contribution in [2.75, 3.05) is 13.1 Å². The topological polar surface area (TPSA) is 46.1 Å². The van der Waals surface area contributed by atoms with Gasteiger partial charge in [0.1, 0.15) is 12.1 Å². The number of carbonyl (C=O) groups is 1. The highest BCUT2D eigenvalue weighted by Crippen LogP contribution is 2.24. The number of hydrogen-bond donors (Lipinski definition) is 0. The largest absolute Gasteiger partial charge is 0.338 e. The van der Waals surface area contributed by atoms with Crippen LogP contribution in [0.1, 0.15) is 47.8 Å². The van der Waals surface area contributed by atoms with Crippen molar-refractivity contribution in [2.24, 2.45) is 5.92 Å². The Morgan fingerprint density at radius 2 is 2.08 bits per heavy atom. The van der Waals surface area contributed by atoms with Crippen molar-refractivity contribution in [3.8, 4) is 0 Å². The Morgan fingerprint density at radius 1 is 1.33 bits per heavy atom. The van der Waals surface area contributed by atoms with Crippen LogP contribution in [0.4, 0.5) is 4.39 Å². The van der Waals surface area contributed by atoms with Crippen LogP contribution < -0.4 is 0 Å². The molecule has 1 aliphatic rings. The van der Waals surface area contributed by atoms with Gasteiger partial charge in [0.25, 0.3) is 5.91 Å². The molecule has 0 saturated carbocycles. The highest BCUT2D eigenvalue weighted by molar-refractivity contribution is 5.95. The predicted molar refractivity (Wildman–Crippen MR) is 90.2 cm³/mol. The summed E-state index contributed by atoms with van der Waals surface area (Å²) >= 11 is 0. The Hall–Kier alpha value is -2.30. The van der Waals surface area contributed by atoms with Gasteiger partial charge in [0.15, 0.2) is 0 Å². The number of nitrogens with zero attached hydrogens (tertiary/aromatic N) is 3. The fourth-order valence-electron chi connectivity index (χ4n) is 3.27. The van der Waals surface area contributed by atoms with E-state index in [1.807, 2.05) is 30.9 Å². The molecule has 24 heavy (non-hydrogen) atoms. The summed E-state index contributed by atoms with van der Waals surface area (Å²) in [5.41, 5.74) is 2.52. The predicted octanol–water partition coefficient (Wildman–Crippen LogP) is 3.44. The number of hydrogen-bond acceptors (Lipinski definition) is 3. The first-order valence-corrected chi connectivity index (χ1v) is 8.38. The number of likely N-dealkylation sites (tertiary alicyclic amines) is 1. The summed E-state index contributed by atoms with van der Waals surface area (Å²) < 4.78 is 13.0. The molecular weight excluding hydrogens is 305 g/mol. The molecule has 126 valence electrons. The molecule has 0 spiro atoms. The minimum atomic E-state index is -0.215. The second-order valence-electron chi connectivity index (χ2n) is 6.71. The average molecular weight is 327 g/mol. The van der Waals surface area contributed by atoms with Gasteiger partial charge in [0, 0.05) is 19.3 Å². The van der Waals surface area contributed by atoms with E-state index in [1.165, 1.54) is 18.5 Å². The monoisotopic (exact) mass is 327 g/mol. The lowest BCUT2D eigenvalue weighted by molar-refractivity contribution is 0.0784. The number of aromatic nitrogens is 2. The van der Waals surface area contributed by atoms with E-state index in [1.54, 1.807) is 6.20 Å². The molecule has 5 heteroatoms. The van der Waals surface area contributed by atoms with E-state index < -0.39 is 0 Å². The quantitative estimate of drug-likeness (QED) is 0.864. The molecule has 3 rings (SSSR count). The van der Waals surface area contributed by atoms with Crippen molar-refractivity contribution in [1.29, 1.82) is 0 Å². The molecule has 1 aromatic carbocycles. The van der Waals surface area contributed by atoms with Gasteiger partial charge in [-0.2, -0.15) is 0 Å². The van der Waals surface area contributed by atoms with Crippen LogP contribution >= 0.6 is 0 Å². The van der Waals surface area contributed by atoms with Crippen LogP contribution in [-0.4, -0.2) is 33.9 Å². The summed E-state index contributed by atoms with van der Waals surface area (Å²) in [5, 5.41) is 0. The van der Waals surface area contributed by atoms with Crippen molar-refractivity contribution in [2.45, 2.75) is 32.6 Å². The second-order valence-corrected chi connectivity index (χ2v) is 6.71. The Morgan fingerprint density at radius 3 is 2.79 bits per heavy atom. The van der Waals surface area contributed by atoms with Crippen molar-refractivity contribution < 1.29 is 9.18 Å². The van der Waals surface area contributed by atoms with Crippen LogP contribution in [-0.2, 0) is 6.42 Å². The van der Waals surface area contributed by atoms with E-state index >= 15 is 0 Å². The molecule has 4 nitrogen and oxygen atoms in total. The van der Waals surface area contributed by atoms with Crippen LogP contribution in [0.3, 0.4) is 0 Å². The van der Waals surface area contributed by atoms with Crippen LogP contribution in [0, 0.1) is 11.7 Å². The molecule has 0 aliphatic carbocycles. The van der Waals surface area contributed by atoms with Gasteiger partial charge >= 0.3 is 0 Å². The minimum absolute atomic E-state index is 0.0147. The van der Waals surface area contributed by atoms with Crippen LogP contribution in [0.2, 0.25) is 0 Å². The second kappa shape index (κ2) is 7.07. The van der Waals surface area contributed by atoms with Gasteiger partial charge in [-0.3, -0.25) is 4.79 Å². The molecule has 2 heterocycles. The third-order valence-electron chi connectivity index (χ3n) is 4.53. The van der Waals surface area contributed by atoms with Crippen LogP contribution in [0.15, 0.2) is 36.8 Å². The number of carbonyl (C=O) groups excluding carboxylic acids is 1. The van der Waals surface area contributed by atoms with Crippen molar-refractivity contribution in [3.05, 3.63) is 59.4 Å². The summed E-state index contributed by atoms with van der Waals surface area (Å²) in [6.45, 7) is 5.53. The third kappa shape index (κ3) is 3.61. The minimum Gasteiger partial charge on any atom is -0.338 e. The average Bonchev–Trinajstić information content (AvgIpc) is 3.05. The molecule has 2 aromatic rings. The number of halogens is 1.